The van der Waals surface area contributed by atoms with Crippen LogP contribution in [0.2, 0.25) is 0 Å². The zero-order valence-corrected chi connectivity index (χ0v) is 13.3. The summed E-state index contributed by atoms with van der Waals surface area (Å²) < 4.78 is 10.5. The molecule has 0 unspecified atom stereocenters. The number of nitrogens with zero attached hydrogens (tertiary/aromatic N) is 2. The Morgan fingerprint density at radius 3 is 2.78 bits per heavy atom. The largest absolute Gasteiger partial charge is 0.461 e. The van der Waals surface area contributed by atoms with E-state index in [1.54, 1.807) is 35.8 Å². The summed E-state index contributed by atoms with van der Waals surface area (Å²) >= 11 is 1.80. The second kappa shape index (κ2) is 6.04. The molecule has 118 valence electrons. The Kier molecular flexibility index (Phi) is 3.75. The van der Waals surface area contributed by atoms with Gasteiger partial charge in [0.25, 0.3) is 5.91 Å². The van der Waals surface area contributed by atoms with Crippen LogP contribution in [0.25, 0.3) is 11.5 Å². The van der Waals surface area contributed by atoms with Crippen LogP contribution in [0, 0.1) is 0 Å². The number of rotatable bonds is 3. The molecular weight excluding hydrogens is 312 g/mol. The van der Waals surface area contributed by atoms with Gasteiger partial charge in [-0.15, -0.1) is 11.3 Å². The second-order valence-corrected chi connectivity index (χ2v) is 6.61. The molecule has 1 aliphatic heterocycles. The van der Waals surface area contributed by atoms with Gasteiger partial charge in [-0.05, 0) is 42.3 Å². The van der Waals surface area contributed by atoms with Gasteiger partial charge in [0, 0.05) is 24.0 Å². The van der Waals surface area contributed by atoms with E-state index in [9.17, 15) is 4.79 Å². The fourth-order valence-corrected chi connectivity index (χ4v) is 3.86. The van der Waals surface area contributed by atoms with Crippen molar-refractivity contribution in [3.8, 4) is 11.5 Å². The SMILES string of the molecule is O=C(c1cc(-c2ccco2)on1)N1CCC(c2cccs2)CC1. The minimum Gasteiger partial charge on any atom is -0.461 e. The number of aromatic nitrogens is 1. The molecule has 0 N–H and O–H groups in total. The number of hydrogen-bond acceptors (Lipinski definition) is 5. The molecule has 0 spiro atoms. The van der Waals surface area contributed by atoms with Gasteiger partial charge >= 0.3 is 0 Å². The number of hydrogen-bond donors (Lipinski definition) is 0. The van der Waals surface area contributed by atoms with Crippen molar-refractivity contribution < 1.29 is 13.7 Å². The molecule has 0 saturated carbocycles. The molecule has 0 bridgehead atoms. The van der Waals surface area contributed by atoms with Crippen LogP contribution in [-0.2, 0) is 0 Å². The Balaban J connectivity index is 1.42. The normalized spacial score (nSPS) is 15.9. The van der Waals surface area contributed by atoms with E-state index < -0.39 is 0 Å². The first kappa shape index (κ1) is 14.3. The van der Waals surface area contributed by atoms with Gasteiger partial charge < -0.3 is 13.8 Å². The number of amides is 1. The van der Waals surface area contributed by atoms with Gasteiger partial charge in [0.2, 0.25) is 5.76 Å². The predicted octanol–water partition coefficient (Wildman–Crippen LogP) is 4.02. The van der Waals surface area contributed by atoms with E-state index >= 15 is 0 Å². The van der Waals surface area contributed by atoms with Crippen molar-refractivity contribution >= 4 is 17.2 Å². The minimum atomic E-state index is -0.0730. The molecule has 5 nitrogen and oxygen atoms in total. The Labute approximate surface area is 137 Å². The monoisotopic (exact) mass is 328 g/mol. The van der Waals surface area contributed by atoms with E-state index in [4.69, 9.17) is 8.94 Å². The molecule has 1 amide bonds. The lowest BCUT2D eigenvalue weighted by molar-refractivity contribution is 0.0703. The maximum atomic E-state index is 12.6. The molecule has 0 aliphatic carbocycles. The third-order valence-electron chi connectivity index (χ3n) is 4.22. The van der Waals surface area contributed by atoms with E-state index in [0.717, 1.165) is 25.9 Å². The number of piperidine rings is 1. The summed E-state index contributed by atoms with van der Waals surface area (Å²) in [5.41, 5.74) is 0.339. The zero-order valence-electron chi connectivity index (χ0n) is 12.5. The summed E-state index contributed by atoms with van der Waals surface area (Å²) in [7, 11) is 0. The quantitative estimate of drug-likeness (QED) is 0.729. The molecule has 0 atom stereocenters. The van der Waals surface area contributed by atoms with Crippen molar-refractivity contribution in [3.05, 3.63) is 52.5 Å². The lowest BCUT2D eigenvalue weighted by atomic mass is 9.95. The van der Waals surface area contributed by atoms with Crippen molar-refractivity contribution in [2.24, 2.45) is 0 Å². The predicted molar refractivity (Wildman–Crippen MR) is 86.4 cm³/mol. The van der Waals surface area contributed by atoms with Crippen molar-refractivity contribution in [2.45, 2.75) is 18.8 Å². The smallest absolute Gasteiger partial charge is 0.276 e. The Hall–Kier alpha value is -2.34. The van der Waals surface area contributed by atoms with Crippen molar-refractivity contribution in [2.75, 3.05) is 13.1 Å². The van der Waals surface area contributed by atoms with Gasteiger partial charge in [-0.3, -0.25) is 4.79 Å². The van der Waals surface area contributed by atoms with Crippen molar-refractivity contribution in [3.63, 3.8) is 0 Å². The van der Waals surface area contributed by atoms with Gasteiger partial charge in [-0.1, -0.05) is 11.2 Å². The maximum Gasteiger partial charge on any atom is 0.276 e. The summed E-state index contributed by atoms with van der Waals surface area (Å²) in [6, 6.07) is 9.46. The van der Waals surface area contributed by atoms with Crippen LogP contribution in [0.15, 0.2) is 50.9 Å². The van der Waals surface area contributed by atoms with Crippen LogP contribution in [0.4, 0.5) is 0 Å². The van der Waals surface area contributed by atoms with Crippen LogP contribution in [0.3, 0.4) is 0 Å². The highest BCUT2D eigenvalue weighted by atomic mass is 32.1. The summed E-state index contributed by atoms with van der Waals surface area (Å²) in [5, 5.41) is 6.00. The van der Waals surface area contributed by atoms with E-state index in [2.05, 4.69) is 22.7 Å². The van der Waals surface area contributed by atoms with Crippen LogP contribution in [0.5, 0.6) is 0 Å². The van der Waals surface area contributed by atoms with Crippen LogP contribution in [0.1, 0.15) is 34.1 Å². The van der Waals surface area contributed by atoms with Crippen LogP contribution in [-0.4, -0.2) is 29.1 Å². The topological polar surface area (TPSA) is 59.5 Å². The van der Waals surface area contributed by atoms with E-state index in [1.165, 1.54) is 4.88 Å². The summed E-state index contributed by atoms with van der Waals surface area (Å²) in [4.78, 5) is 15.8. The first-order valence-electron chi connectivity index (χ1n) is 7.64. The van der Waals surface area contributed by atoms with Gasteiger partial charge in [-0.25, -0.2) is 0 Å². The number of likely N-dealkylation sites (tertiary alicyclic amines) is 1. The van der Waals surface area contributed by atoms with Crippen LogP contribution >= 0.6 is 11.3 Å². The molecule has 4 rings (SSSR count). The van der Waals surface area contributed by atoms with Gasteiger partial charge in [0.1, 0.15) is 0 Å². The molecule has 3 aromatic rings. The molecule has 1 fully saturated rings. The standard InChI is InChI=1S/C17H16N2O3S/c20-17(13-11-15(22-18-13)14-3-1-9-21-14)19-7-5-12(6-8-19)16-4-2-10-23-16/h1-4,9-12H,5-8H2. The molecular formula is C17H16N2O3S. The van der Waals surface area contributed by atoms with Gasteiger partial charge in [0.05, 0.1) is 6.26 Å². The molecule has 3 aromatic heterocycles. The molecule has 1 saturated heterocycles. The lowest BCUT2D eigenvalue weighted by Gasteiger charge is -2.31. The molecule has 1 aliphatic rings. The molecule has 6 heteroatoms. The van der Waals surface area contributed by atoms with Crippen LogP contribution < -0.4 is 0 Å². The lowest BCUT2D eigenvalue weighted by Crippen LogP contribution is -2.37. The third-order valence-corrected chi connectivity index (χ3v) is 5.26. The average Bonchev–Trinajstić information content (AvgIpc) is 3.36. The number of furan rings is 1. The molecule has 0 aromatic carbocycles. The fraction of sp³-hybridized carbons (Fsp3) is 0.294. The number of carbonyl (C=O) groups is 1. The van der Waals surface area contributed by atoms with Crippen molar-refractivity contribution in [1.29, 1.82) is 0 Å². The Morgan fingerprint density at radius 1 is 1.22 bits per heavy atom. The third kappa shape index (κ3) is 2.82. The van der Waals surface area contributed by atoms with Gasteiger partial charge in [0.15, 0.2) is 11.5 Å². The summed E-state index contributed by atoms with van der Waals surface area (Å²) in [6.45, 7) is 1.51. The highest BCUT2D eigenvalue weighted by Crippen LogP contribution is 2.31. The minimum absolute atomic E-state index is 0.0730. The zero-order chi connectivity index (χ0) is 15.6. The number of thiophene rings is 1. The summed E-state index contributed by atoms with van der Waals surface area (Å²) in [6.07, 6.45) is 3.55. The van der Waals surface area contributed by atoms with E-state index in [0.29, 0.717) is 23.1 Å². The highest BCUT2D eigenvalue weighted by Gasteiger charge is 2.27. The molecule has 23 heavy (non-hydrogen) atoms. The molecule has 4 heterocycles. The maximum absolute atomic E-state index is 12.6. The Bertz CT molecular complexity index is 769. The van der Waals surface area contributed by atoms with E-state index in [-0.39, 0.29) is 5.91 Å². The van der Waals surface area contributed by atoms with Gasteiger partial charge in [-0.2, -0.15) is 0 Å². The first-order chi connectivity index (χ1) is 11.3. The fourth-order valence-electron chi connectivity index (χ4n) is 2.96. The van der Waals surface area contributed by atoms with Crippen molar-refractivity contribution in [1.82, 2.24) is 10.1 Å². The van der Waals surface area contributed by atoms with E-state index in [1.807, 2.05) is 4.90 Å². The Morgan fingerprint density at radius 2 is 2.09 bits per heavy atom. The highest BCUT2D eigenvalue weighted by molar-refractivity contribution is 7.10. The number of carbonyl (C=O) groups excluding carboxylic acids is 1. The summed E-state index contributed by atoms with van der Waals surface area (Å²) in [5.74, 6) is 1.55. The second-order valence-electron chi connectivity index (χ2n) is 5.64. The molecule has 0 radical (unpaired) electrons. The first-order valence-corrected chi connectivity index (χ1v) is 8.52. The average molecular weight is 328 g/mol.